The summed E-state index contributed by atoms with van der Waals surface area (Å²) in [6.45, 7) is 4.97. The quantitative estimate of drug-likeness (QED) is 0.474. The van der Waals surface area contributed by atoms with Crippen molar-refractivity contribution in [2.24, 2.45) is 0 Å². The third-order valence-corrected chi connectivity index (χ3v) is 7.68. The Labute approximate surface area is 211 Å². The van der Waals surface area contributed by atoms with E-state index in [1.165, 1.54) is 11.9 Å². The average Bonchev–Trinajstić information content (AvgIpc) is 2.86. The number of likely N-dealkylation sites (N-methyl/N-ethyl adjacent to an activating group) is 1. The first-order valence-electron chi connectivity index (χ1n) is 11.4. The van der Waals surface area contributed by atoms with Gasteiger partial charge in [0.05, 0.1) is 10.6 Å². The monoisotopic (exact) mass is 511 g/mol. The van der Waals surface area contributed by atoms with Gasteiger partial charge in [-0.3, -0.25) is 13.9 Å². The second-order valence-corrected chi connectivity index (χ2v) is 10.5. The third-order valence-electron chi connectivity index (χ3n) is 5.89. The second-order valence-electron chi connectivity index (χ2n) is 8.60. The number of aryl methyl sites for hydroxylation is 2. The first kappa shape index (κ1) is 26.9. The van der Waals surface area contributed by atoms with E-state index in [2.05, 4.69) is 5.32 Å². The van der Waals surface area contributed by atoms with Crippen molar-refractivity contribution in [2.75, 3.05) is 17.9 Å². The molecular weight excluding hydrogens is 481 g/mol. The summed E-state index contributed by atoms with van der Waals surface area (Å²) < 4.78 is 41.7. The SMILES string of the molecule is CNC(=O)[C@H](C)N(Cc1ccc(C)cc1)C(=O)CN(c1ccc(C)cc1)S(=O)(=O)c1ccc(F)cc1. The number of benzene rings is 3. The van der Waals surface area contributed by atoms with E-state index in [0.29, 0.717) is 0 Å². The van der Waals surface area contributed by atoms with E-state index in [-0.39, 0.29) is 23.0 Å². The van der Waals surface area contributed by atoms with Crippen LogP contribution in [0.1, 0.15) is 23.6 Å². The molecule has 3 aromatic carbocycles. The Morgan fingerprint density at radius 3 is 1.94 bits per heavy atom. The van der Waals surface area contributed by atoms with Crippen molar-refractivity contribution in [2.45, 2.75) is 38.3 Å². The van der Waals surface area contributed by atoms with Crippen molar-refractivity contribution in [3.05, 3.63) is 95.3 Å². The highest BCUT2D eigenvalue weighted by Gasteiger charge is 2.32. The Kier molecular flexibility index (Phi) is 8.47. The molecule has 0 spiro atoms. The van der Waals surface area contributed by atoms with E-state index < -0.39 is 34.3 Å². The number of sulfonamides is 1. The van der Waals surface area contributed by atoms with Crippen LogP contribution in [0.15, 0.2) is 77.7 Å². The fraction of sp³-hybridized carbons (Fsp3) is 0.259. The smallest absolute Gasteiger partial charge is 0.264 e. The lowest BCUT2D eigenvalue weighted by molar-refractivity contribution is -0.139. The van der Waals surface area contributed by atoms with Gasteiger partial charge in [0.25, 0.3) is 10.0 Å². The number of nitrogens with one attached hydrogen (secondary N) is 1. The lowest BCUT2D eigenvalue weighted by atomic mass is 10.1. The van der Waals surface area contributed by atoms with E-state index in [1.807, 2.05) is 38.1 Å². The van der Waals surface area contributed by atoms with Gasteiger partial charge in [-0.15, -0.1) is 0 Å². The van der Waals surface area contributed by atoms with E-state index in [1.54, 1.807) is 31.2 Å². The minimum Gasteiger partial charge on any atom is -0.357 e. The standard InChI is InChI=1S/C27H30FN3O4S/c1-19-5-9-22(10-6-19)17-30(21(3)27(33)29-4)26(32)18-31(24-13-7-20(2)8-14-24)36(34,35)25-15-11-23(28)12-16-25/h5-16,21H,17-18H2,1-4H3,(H,29,33)/t21-/m0/s1. The number of carbonyl (C=O) groups is 2. The summed E-state index contributed by atoms with van der Waals surface area (Å²) in [5, 5.41) is 2.55. The zero-order chi connectivity index (χ0) is 26.5. The zero-order valence-electron chi connectivity index (χ0n) is 20.7. The van der Waals surface area contributed by atoms with Crippen LogP contribution in [0.3, 0.4) is 0 Å². The first-order valence-corrected chi connectivity index (χ1v) is 12.9. The summed E-state index contributed by atoms with van der Waals surface area (Å²) in [7, 11) is -2.75. The van der Waals surface area contributed by atoms with Crippen molar-refractivity contribution >= 4 is 27.5 Å². The van der Waals surface area contributed by atoms with Crippen LogP contribution in [0.25, 0.3) is 0 Å². The summed E-state index contributed by atoms with van der Waals surface area (Å²) >= 11 is 0. The van der Waals surface area contributed by atoms with Crippen molar-refractivity contribution < 1.29 is 22.4 Å². The lowest BCUT2D eigenvalue weighted by Crippen LogP contribution is -2.50. The Morgan fingerprint density at radius 1 is 0.889 bits per heavy atom. The van der Waals surface area contributed by atoms with Gasteiger partial charge in [0.2, 0.25) is 11.8 Å². The highest BCUT2D eigenvalue weighted by molar-refractivity contribution is 7.92. The van der Waals surface area contributed by atoms with Gasteiger partial charge in [-0.05, 0) is 62.7 Å². The van der Waals surface area contributed by atoms with Crippen LogP contribution < -0.4 is 9.62 Å². The molecule has 0 aliphatic heterocycles. The second kappa shape index (κ2) is 11.3. The van der Waals surface area contributed by atoms with Gasteiger partial charge in [-0.25, -0.2) is 12.8 Å². The van der Waals surface area contributed by atoms with Gasteiger partial charge < -0.3 is 10.2 Å². The molecule has 2 amide bonds. The van der Waals surface area contributed by atoms with Crippen molar-refractivity contribution in [3.8, 4) is 0 Å². The minimum atomic E-state index is -4.22. The molecule has 190 valence electrons. The molecule has 0 aliphatic carbocycles. The average molecular weight is 512 g/mol. The third kappa shape index (κ3) is 6.28. The van der Waals surface area contributed by atoms with Crippen LogP contribution >= 0.6 is 0 Å². The van der Waals surface area contributed by atoms with E-state index in [0.717, 1.165) is 45.3 Å². The predicted molar refractivity (Wildman–Crippen MR) is 137 cm³/mol. The Hall–Kier alpha value is -3.72. The van der Waals surface area contributed by atoms with Gasteiger partial charge in [0.1, 0.15) is 18.4 Å². The molecule has 9 heteroatoms. The van der Waals surface area contributed by atoms with Crippen molar-refractivity contribution in [3.63, 3.8) is 0 Å². The molecule has 0 fully saturated rings. The fourth-order valence-electron chi connectivity index (χ4n) is 3.66. The van der Waals surface area contributed by atoms with Gasteiger partial charge in [0, 0.05) is 13.6 Å². The predicted octanol–water partition coefficient (Wildman–Crippen LogP) is 3.80. The summed E-state index contributed by atoms with van der Waals surface area (Å²) in [6.07, 6.45) is 0. The van der Waals surface area contributed by atoms with Crippen LogP contribution in [-0.2, 0) is 26.2 Å². The maximum absolute atomic E-state index is 13.6. The number of amides is 2. The molecule has 36 heavy (non-hydrogen) atoms. The van der Waals surface area contributed by atoms with Crippen molar-refractivity contribution in [1.29, 1.82) is 0 Å². The maximum Gasteiger partial charge on any atom is 0.264 e. The highest BCUT2D eigenvalue weighted by Crippen LogP contribution is 2.25. The Bertz CT molecular complexity index is 1310. The molecule has 0 aromatic heterocycles. The number of halogens is 1. The normalized spacial score (nSPS) is 12.0. The number of carbonyl (C=O) groups excluding carboxylic acids is 2. The number of nitrogens with zero attached hydrogens (tertiary/aromatic N) is 2. The zero-order valence-corrected chi connectivity index (χ0v) is 21.5. The van der Waals surface area contributed by atoms with E-state index in [9.17, 15) is 22.4 Å². The van der Waals surface area contributed by atoms with Crippen LogP contribution in [0.2, 0.25) is 0 Å². The molecule has 1 N–H and O–H groups in total. The van der Waals surface area contributed by atoms with Crippen LogP contribution in [0.5, 0.6) is 0 Å². The Morgan fingerprint density at radius 2 is 1.42 bits per heavy atom. The summed E-state index contributed by atoms with van der Waals surface area (Å²) in [4.78, 5) is 27.3. The van der Waals surface area contributed by atoms with E-state index >= 15 is 0 Å². The van der Waals surface area contributed by atoms with Crippen LogP contribution in [-0.4, -0.2) is 44.8 Å². The number of hydrogen-bond donors (Lipinski definition) is 1. The van der Waals surface area contributed by atoms with Gasteiger partial charge in [-0.1, -0.05) is 47.5 Å². The molecule has 3 rings (SSSR count). The lowest BCUT2D eigenvalue weighted by Gasteiger charge is -2.31. The molecule has 0 saturated carbocycles. The van der Waals surface area contributed by atoms with Crippen LogP contribution in [0, 0.1) is 19.7 Å². The maximum atomic E-state index is 13.6. The summed E-state index contributed by atoms with van der Waals surface area (Å²) in [6, 6.07) is 17.8. The number of hydrogen-bond acceptors (Lipinski definition) is 4. The molecule has 0 bridgehead atoms. The molecule has 0 unspecified atom stereocenters. The largest absolute Gasteiger partial charge is 0.357 e. The molecule has 7 nitrogen and oxygen atoms in total. The molecule has 0 radical (unpaired) electrons. The summed E-state index contributed by atoms with van der Waals surface area (Å²) in [5.74, 6) is -1.51. The summed E-state index contributed by atoms with van der Waals surface area (Å²) in [5.41, 5.74) is 3.04. The fourth-order valence-corrected chi connectivity index (χ4v) is 5.07. The molecular formula is C27H30FN3O4S. The molecule has 0 heterocycles. The van der Waals surface area contributed by atoms with Crippen molar-refractivity contribution in [1.82, 2.24) is 10.2 Å². The number of rotatable bonds is 9. The minimum absolute atomic E-state index is 0.117. The Balaban J connectivity index is 2.01. The molecule has 0 aliphatic rings. The van der Waals surface area contributed by atoms with Gasteiger partial charge in [0.15, 0.2) is 0 Å². The molecule has 0 saturated heterocycles. The molecule has 3 aromatic rings. The van der Waals surface area contributed by atoms with Gasteiger partial charge in [-0.2, -0.15) is 0 Å². The number of anilines is 1. The highest BCUT2D eigenvalue weighted by atomic mass is 32.2. The van der Waals surface area contributed by atoms with Crippen LogP contribution in [0.4, 0.5) is 10.1 Å². The van der Waals surface area contributed by atoms with E-state index in [4.69, 9.17) is 0 Å². The topological polar surface area (TPSA) is 86.8 Å². The molecule has 1 atom stereocenters. The first-order chi connectivity index (χ1) is 17.0. The van der Waals surface area contributed by atoms with Gasteiger partial charge >= 0.3 is 0 Å².